The topological polar surface area (TPSA) is 134 Å². The lowest BCUT2D eigenvalue weighted by Crippen LogP contribution is -2.29. The molecule has 0 fully saturated rings. The van der Waals surface area contributed by atoms with E-state index in [1.165, 1.54) is 173 Å². The molecule has 0 saturated carbocycles. The first kappa shape index (κ1) is 76.9. The fraction of sp³-hybridized carbons (Fsp3) is 0.743. The highest BCUT2D eigenvalue weighted by molar-refractivity contribution is 7.47. The molecular formula is C70H124NO8P. The normalized spacial score (nSPS) is 13.6. The first-order chi connectivity index (χ1) is 39.3. The van der Waals surface area contributed by atoms with Gasteiger partial charge in [0.2, 0.25) is 0 Å². The van der Waals surface area contributed by atoms with Crippen LogP contribution in [0.3, 0.4) is 0 Å². The zero-order chi connectivity index (χ0) is 58.0. The number of ether oxygens (including phenoxy) is 2. The summed E-state index contributed by atoms with van der Waals surface area (Å²) in [5, 5.41) is 0. The van der Waals surface area contributed by atoms with E-state index in [0.717, 1.165) is 96.3 Å². The molecule has 2 unspecified atom stereocenters. The Bertz CT molecular complexity index is 1630. The maximum absolute atomic E-state index is 12.7. The van der Waals surface area contributed by atoms with Crippen molar-refractivity contribution in [3.63, 3.8) is 0 Å². The summed E-state index contributed by atoms with van der Waals surface area (Å²) in [5.41, 5.74) is 5.39. The second-order valence-electron chi connectivity index (χ2n) is 22.0. The molecule has 3 N–H and O–H groups in total. The second-order valence-corrected chi connectivity index (χ2v) is 23.4. The van der Waals surface area contributed by atoms with Crippen molar-refractivity contribution < 1.29 is 37.6 Å². The van der Waals surface area contributed by atoms with Crippen molar-refractivity contribution in [2.24, 2.45) is 5.73 Å². The van der Waals surface area contributed by atoms with Crippen molar-refractivity contribution >= 4 is 19.8 Å². The third-order valence-electron chi connectivity index (χ3n) is 14.2. The van der Waals surface area contributed by atoms with E-state index in [1.807, 2.05) is 0 Å². The molecule has 0 bridgehead atoms. The highest BCUT2D eigenvalue weighted by Gasteiger charge is 2.26. The Hall–Kier alpha value is -3.07. The molecule has 0 spiro atoms. The molecule has 0 aromatic rings. The molecule has 0 saturated heterocycles. The van der Waals surface area contributed by atoms with Crippen LogP contribution in [0.5, 0.6) is 0 Å². The Morgan fingerprint density at radius 2 is 0.688 bits per heavy atom. The van der Waals surface area contributed by atoms with Crippen LogP contribution in [0.2, 0.25) is 0 Å². The summed E-state index contributed by atoms with van der Waals surface area (Å²) in [6.07, 6.45) is 87.8. The Morgan fingerprint density at radius 3 is 1.02 bits per heavy atom. The molecule has 80 heavy (non-hydrogen) atoms. The van der Waals surface area contributed by atoms with Crippen molar-refractivity contribution in [2.45, 2.75) is 309 Å². The summed E-state index contributed by atoms with van der Waals surface area (Å²) in [4.78, 5) is 35.3. The van der Waals surface area contributed by atoms with E-state index < -0.39 is 26.5 Å². The van der Waals surface area contributed by atoms with Crippen LogP contribution in [0.4, 0.5) is 0 Å². The Kier molecular flexibility index (Phi) is 62.6. The van der Waals surface area contributed by atoms with E-state index in [-0.39, 0.29) is 38.6 Å². The van der Waals surface area contributed by atoms with Crippen molar-refractivity contribution in [3.05, 3.63) is 97.2 Å². The molecule has 0 aliphatic carbocycles. The zero-order valence-electron chi connectivity index (χ0n) is 51.8. The van der Waals surface area contributed by atoms with Gasteiger partial charge in [0.05, 0.1) is 13.2 Å². The maximum atomic E-state index is 12.7. The fourth-order valence-electron chi connectivity index (χ4n) is 9.36. The minimum absolute atomic E-state index is 0.0452. The van der Waals surface area contributed by atoms with Gasteiger partial charge in [-0.15, -0.1) is 0 Å². The monoisotopic (exact) mass is 1140 g/mol. The van der Waals surface area contributed by atoms with Gasteiger partial charge in [-0.05, 0) is 77.0 Å². The molecular weight excluding hydrogens is 1010 g/mol. The Morgan fingerprint density at radius 1 is 0.388 bits per heavy atom. The van der Waals surface area contributed by atoms with Crippen LogP contribution < -0.4 is 5.73 Å². The predicted octanol–water partition coefficient (Wildman–Crippen LogP) is 21.6. The summed E-state index contributed by atoms with van der Waals surface area (Å²) in [7, 11) is -4.40. The number of allylic oxidation sites excluding steroid dienone is 16. The standard InChI is InChI=1S/C70H124NO8P/c1-3-5-7-9-11-13-15-17-19-21-23-25-27-29-31-33-35-36-38-40-42-44-46-48-50-52-54-56-58-60-62-69(72)76-66-68(67-78-80(74,75)77-65-64-71)79-70(73)63-61-59-57-55-53-51-49-47-45-43-41-39-37-34-32-30-28-26-24-22-20-18-16-14-12-10-8-6-4-2/h6,8,12,14,18,20,24,26,30,32,37,39,43,45,49,51,68H,3-5,7,9-11,13,15-17,19,21-23,25,27-29,31,33-36,38,40-42,44,46-48,50,52-67,71H2,1-2H3,(H,74,75)/b8-6-,14-12-,20-18-,26-24-,32-30-,39-37-,45-43-,51-49-. The number of unbranched alkanes of at least 4 members (excludes halogenated alkanes) is 33. The van der Waals surface area contributed by atoms with Crippen LogP contribution in [-0.4, -0.2) is 49.3 Å². The third kappa shape index (κ3) is 64.1. The molecule has 0 radical (unpaired) electrons. The highest BCUT2D eigenvalue weighted by atomic mass is 31.2. The molecule has 9 nitrogen and oxygen atoms in total. The molecule has 0 heterocycles. The third-order valence-corrected chi connectivity index (χ3v) is 15.2. The van der Waals surface area contributed by atoms with Crippen LogP contribution in [0.1, 0.15) is 303 Å². The minimum atomic E-state index is -4.40. The first-order valence-corrected chi connectivity index (χ1v) is 34.7. The number of carbonyl (C=O) groups is 2. The van der Waals surface area contributed by atoms with Gasteiger partial charge in [0.25, 0.3) is 0 Å². The number of rotatable bonds is 62. The van der Waals surface area contributed by atoms with Gasteiger partial charge in [0, 0.05) is 19.4 Å². The van der Waals surface area contributed by atoms with Gasteiger partial charge in [0.1, 0.15) is 6.61 Å². The first-order valence-electron chi connectivity index (χ1n) is 33.2. The van der Waals surface area contributed by atoms with Gasteiger partial charge in [-0.1, -0.05) is 310 Å². The largest absolute Gasteiger partial charge is 0.472 e. The molecule has 462 valence electrons. The summed E-state index contributed by atoms with van der Waals surface area (Å²) < 4.78 is 33.1. The fourth-order valence-corrected chi connectivity index (χ4v) is 10.1. The molecule has 0 amide bonds. The lowest BCUT2D eigenvalue weighted by Gasteiger charge is -2.19. The van der Waals surface area contributed by atoms with Crippen LogP contribution in [-0.2, 0) is 32.7 Å². The predicted molar refractivity (Wildman–Crippen MR) is 344 cm³/mol. The Labute approximate surface area is 493 Å². The number of phosphoric ester groups is 1. The minimum Gasteiger partial charge on any atom is -0.462 e. The summed E-state index contributed by atoms with van der Waals surface area (Å²) in [6, 6.07) is 0. The molecule has 0 aromatic carbocycles. The molecule has 0 aliphatic rings. The molecule has 0 aromatic heterocycles. The highest BCUT2D eigenvalue weighted by Crippen LogP contribution is 2.43. The zero-order valence-corrected chi connectivity index (χ0v) is 52.7. The number of hydrogen-bond donors (Lipinski definition) is 2. The van der Waals surface area contributed by atoms with E-state index in [2.05, 4.69) is 111 Å². The molecule has 2 atom stereocenters. The van der Waals surface area contributed by atoms with E-state index in [4.69, 9.17) is 24.3 Å². The van der Waals surface area contributed by atoms with Crippen LogP contribution in [0, 0.1) is 0 Å². The van der Waals surface area contributed by atoms with E-state index in [9.17, 15) is 19.0 Å². The smallest absolute Gasteiger partial charge is 0.462 e. The van der Waals surface area contributed by atoms with E-state index >= 15 is 0 Å². The van der Waals surface area contributed by atoms with Gasteiger partial charge < -0.3 is 20.1 Å². The van der Waals surface area contributed by atoms with Gasteiger partial charge in [-0.3, -0.25) is 18.6 Å². The van der Waals surface area contributed by atoms with E-state index in [1.54, 1.807) is 0 Å². The summed E-state index contributed by atoms with van der Waals surface area (Å²) in [6.45, 7) is 3.63. The average molecular weight is 1140 g/mol. The summed E-state index contributed by atoms with van der Waals surface area (Å²) in [5.74, 6) is -0.851. The number of nitrogens with two attached hydrogens (primary N) is 1. The maximum Gasteiger partial charge on any atom is 0.472 e. The lowest BCUT2D eigenvalue weighted by atomic mass is 10.0. The van der Waals surface area contributed by atoms with Crippen LogP contribution >= 0.6 is 7.82 Å². The van der Waals surface area contributed by atoms with E-state index in [0.29, 0.717) is 6.42 Å². The number of esters is 2. The van der Waals surface area contributed by atoms with Gasteiger partial charge in [-0.2, -0.15) is 0 Å². The number of hydrogen-bond acceptors (Lipinski definition) is 8. The molecule has 0 rings (SSSR count). The van der Waals surface area contributed by atoms with Crippen molar-refractivity contribution in [1.29, 1.82) is 0 Å². The molecule has 10 heteroatoms. The summed E-state index contributed by atoms with van der Waals surface area (Å²) >= 11 is 0. The lowest BCUT2D eigenvalue weighted by molar-refractivity contribution is -0.161. The molecule has 0 aliphatic heterocycles. The second kappa shape index (κ2) is 65.1. The Balaban J connectivity index is 3.96. The number of carbonyl (C=O) groups excluding carboxylic acids is 2. The quantitative estimate of drug-likeness (QED) is 0.0264. The number of phosphoric acid groups is 1. The van der Waals surface area contributed by atoms with Gasteiger partial charge >= 0.3 is 19.8 Å². The average Bonchev–Trinajstić information content (AvgIpc) is 3.45. The SMILES string of the molecule is CC/C=C\C/C=C\C/C=C\C/C=C\C/C=C\C/C=C\C/C=C\C/C=C\CCCCCCC(=O)OC(COC(=O)CCCCCCCCCCCCCCCCCCCCCCCCCCCCCCCC)COP(=O)(O)OCCN. The van der Waals surface area contributed by atoms with Crippen molar-refractivity contribution in [2.75, 3.05) is 26.4 Å². The van der Waals surface area contributed by atoms with Crippen LogP contribution in [0.15, 0.2) is 97.2 Å². The van der Waals surface area contributed by atoms with Crippen molar-refractivity contribution in [3.8, 4) is 0 Å². The van der Waals surface area contributed by atoms with Crippen LogP contribution in [0.25, 0.3) is 0 Å². The van der Waals surface area contributed by atoms with Crippen molar-refractivity contribution in [1.82, 2.24) is 0 Å². The van der Waals surface area contributed by atoms with Gasteiger partial charge in [0.15, 0.2) is 6.10 Å². The van der Waals surface area contributed by atoms with Gasteiger partial charge in [-0.25, -0.2) is 4.57 Å².